The number of oxazole rings is 1. The summed E-state index contributed by atoms with van der Waals surface area (Å²) in [7, 11) is -0.949. The fourth-order valence-corrected chi connectivity index (χ4v) is 4.39. The first-order valence-electron chi connectivity index (χ1n) is 6.94. The van der Waals surface area contributed by atoms with E-state index in [1.54, 1.807) is 6.20 Å². The van der Waals surface area contributed by atoms with Gasteiger partial charge in [-0.25, -0.2) is 13.4 Å². The predicted octanol–water partition coefficient (Wildman–Crippen LogP) is 1.96. The van der Waals surface area contributed by atoms with Gasteiger partial charge < -0.3 is 4.42 Å². The summed E-state index contributed by atoms with van der Waals surface area (Å²) in [6, 6.07) is 9.85. The number of hydrogen-bond donors (Lipinski definition) is 0. The highest BCUT2D eigenvalue weighted by molar-refractivity contribution is 7.91. The summed E-state index contributed by atoms with van der Waals surface area (Å²) in [5.41, 5.74) is 0.988. The summed E-state index contributed by atoms with van der Waals surface area (Å²) in [4.78, 5) is 6.29. The van der Waals surface area contributed by atoms with Gasteiger partial charge in [-0.05, 0) is 13.5 Å². The Morgan fingerprint density at radius 1 is 1.33 bits per heavy atom. The monoisotopic (exact) mass is 306 g/mol. The Hall–Kier alpha value is -1.66. The van der Waals surface area contributed by atoms with Crippen LogP contribution < -0.4 is 0 Å². The van der Waals surface area contributed by atoms with Crippen LogP contribution in [0.2, 0.25) is 0 Å². The first-order chi connectivity index (χ1) is 10.0. The summed E-state index contributed by atoms with van der Waals surface area (Å²) < 4.78 is 28.8. The summed E-state index contributed by atoms with van der Waals surface area (Å²) in [6.45, 7) is 0.521. The van der Waals surface area contributed by atoms with Crippen molar-refractivity contribution in [2.24, 2.45) is 0 Å². The maximum Gasteiger partial charge on any atom is 0.209 e. The van der Waals surface area contributed by atoms with Gasteiger partial charge >= 0.3 is 0 Å². The normalized spacial score (nSPS) is 21.0. The van der Waals surface area contributed by atoms with Gasteiger partial charge in [-0.15, -0.1) is 0 Å². The zero-order valence-electron chi connectivity index (χ0n) is 11.9. The molecule has 0 bridgehead atoms. The van der Waals surface area contributed by atoms with Crippen molar-refractivity contribution in [3.8, 4) is 11.3 Å². The van der Waals surface area contributed by atoms with Gasteiger partial charge in [0.05, 0.1) is 24.2 Å². The lowest BCUT2D eigenvalue weighted by molar-refractivity contribution is 0.230. The summed E-state index contributed by atoms with van der Waals surface area (Å²) >= 11 is 0. The molecule has 5 nitrogen and oxygen atoms in total. The second-order valence-corrected chi connectivity index (χ2v) is 7.68. The molecule has 112 valence electrons. The van der Waals surface area contributed by atoms with Crippen molar-refractivity contribution in [3.05, 3.63) is 42.4 Å². The first kappa shape index (κ1) is 14.3. The van der Waals surface area contributed by atoms with Gasteiger partial charge in [-0.2, -0.15) is 0 Å². The summed E-state index contributed by atoms with van der Waals surface area (Å²) in [6.07, 6.45) is 2.40. The van der Waals surface area contributed by atoms with Crippen LogP contribution in [0.4, 0.5) is 0 Å². The van der Waals surface area contributed by atoms with E-state index in [0.717, 1.165) is 11.3 Å². The Morgan fingerprint density at radius 2 is 2.10 bits per heavy atom. The number of nitrogens with zero attached hydrogens (tertiary/aromatic N) is 2. The van der Waals surface area contributed by atoms with Gasteiger partial charge in [0, 0.05) is 11.6 Å². The third kappa shape index (κ3) is 3.33. The average molecular weight is 306 g/mol. The fourth-order valence-electron chi connectivity index (χ4n) is 2.58. The van der Waals surface area contributed by atoms with Crippen LogP contribution in [-0.4, -0.2) is 42.9 Å². The fraction of sp³-hybridized carbons (Fsp3) is 0.400. The van der Waals surface area contributed by atoms with Crippen LogP contribution in [-0.2, 0) is 16.4 Å². The van der Waals surface area contributed by atoms with Gasteiger partial charge in [0.2, 0.25) is 5.89 Å². The zero-order valence-corrected chi connectivity index (χ0v) is 12.7. The summed E-state index contributed by atoms with van der Waals surface area (Å²) in [5.74, 6) is 1.86. The van der Waals surface area contributed by atoms with E-state index in [4.69, 9.17) is 4.42 Å². The molecule has 1 fully saturated rings. The molecule has 2 aromatic rings. The van der Waals surface area contributed by atoms with Gasteiger partial charge in [0.25, 0.3) is 0 Å². The minimum atomic E-state index is -2.86. The largest absolute Gasteiger partial charge is 0.439 e. The lowest BCUT2D eigenvalue weighted by Gasteiger charge is -2.20. The quantitative estimate of drug-likeness (QED) is 0.864. The average Bonchev–Trinajstić information content (AvgIpc) is 3.06. The van der Waals surface area contributed by atoms with E-state index in [2.05, 4.69) is 4.98 Å². The van der Waals surface area contributed by atoms with E-state index in [1.807, 2.05) is 42.3 Å². The molecule has 3 rings (SSSR count). The smallest absolute Gasteiger partial charge is 0.209 e. The van der Waals surface area contributed by atoms with Crippen LogP contribution in [0.5, 0.6) is 0 Å². The van der Waals surface area contributed by atoms with Crippen LogP contribution in [0.1, 0.15) is 12.3 Å². The third-order valence-electron chi connectivity index (χ3n) is 3.83. The molecule has 2 heterocycles. The van der Waals surface area contributed by atoms with Crippen LogP contribution in [0, 0.1) is 0 Å². The van der Waals surface area contributed by atoms with Crippen molar-refractivity contribution < 1.29 is 12.8 Å². The Balaban J connectivity index is 1.68. The van der Waals surface area contributed by atoms with Crippen molar-refractivity contribution >= 4 is 9.84 Å². The zero-order chi connectivity index (χ0) is 14.9. The van der Waals surface area contributed by atoms with Crippen molar-refractivity contribution in [3.63, 3.8) is 0 Å². The molecule has 0 amide bonds. The van der Waals surface area contributed by atoms with E-state index >= 15 is 0 Å². The Labute approximate surface area is 124 Å². The maximum atomic E-state index is 11.5. The molecule has 0 unspecified atom stereocenters. The van der Waals surface area contributed by atoms with Crippen molar-refractivity contribution in [1.82, 2.24) is 9.88 Å². The number of hydrogen-bond acceptors (Lipinski definition) is 5. The van der Waals surface area contributed by atoms with Gasteiger partial charge in [0.1, 0.15) is 0 Å². The van der Waals surface area contributed by atoms with Crippen LogP contribution in [0.3, 0.4) is 0 Å². The molecule has 6 heteroatoms. The molecule has 0 N–H and O–H groups in total. The second-order valence-electron chi connectivity index (χ2n) is 5.46. The predicted molar refractivity (Wildman–Crippen MR) is 80.5 cm³/mol. The van der Waals surface area contributed by atoms with E-state index in [-0.39, 0.29) is 17.5 Å². The Kier molecular flexibility index (Phi) is 3.82. The van der Waals surface area contributed by atoms with E-state index in [1.165, 1.54) is 0 Å². The SMILES string of the molecule is CN(Cc1ncc(-c2ccccc2)o1)[C@H]1CCS(=O)(=O)C1. The van der Waals surface area contributed by atoms with Crippen molar-refractivity contribution in [2.75, 3.05) is 18.6 Å². The standard InChI is InChI=1S/C15H18N2O3S/c1-17(13-7-8-21(18,19)11-13)10-15-16-9-14(20-15)12-5-3-2-4-6-12/h2-6,9,13H,7-8,10-11H2,1H3/t13-/m0/s1. The molecular weight excluding hydrogens is 288 g/mol. The third-order valence-corrected chi connectivity index (χ3v) is 5.58. The molecule has 1 aromatic heterocycles. The van der Waals surface area contributed by atoms with Gasteiger partial charge in [0.15, 0.2) is 15.6 Å². The van der Waals surface area contributed by atoms with Crippen LogP contribution in [0.25, 0.3) is 11.3 Å². The minimum Gasteiger partial charge on any atom is -0.439 e. The number of benzene rings is 1. The van der Waals surface area contributed by atoms with Crippen molar-refractivity contribution in [2.45, 2.75) is 19.0 Å². The molecule has 0 saturated carbocycles. The molecule has 1 aliphatic rings. The van der Waals surface area contributed by atoms with Crippen LogP contribution in [0.15, 0.2) is 40.9 Å². The topological polar surface area (TPSA) is 63.4 Å². The Morgan fingerprint density at radius 3 is 2.76 bits per heavy atom. The Bertz CT molecular complexity index is 710. The van der Waals surface area contributed by atoms with Gasteiger partial charge in [-0.3, -0.25) is 4.90 Å². The second kappa shape index (κ2) is 5.61. The van der Waals surface area contributed by atoms with E-state index in [9.17, 15) is 8.42 Å². The molecule has 0 radical (unpaired) electrons. The maximum absolute atomic E-state index is 11.5. The summed E-state index contributed by atoms with van der Waals surface area (Å²) in [5, 5.41) is 0. The number of aromatic nitrogens is 1. The van der Waals surface area contributed by atoms with Crippen LogP contribution >= 0.6 is 0 Å². The highest BCUT2D eigenvalue weighted by atomic mass is 32.2. The molecule has 21 heavy (non-hydrogen) atoms. The lowest BCUT2D eigenvalue weighted by Crippen LogP contribution is -2.32. The lowest BCUT2D eigenvalue weighted by atomic mass is 10.2. The molecular formula is C15H18N2O3S. The highest BCUT2D eigenvalue weighted by Crippen LogP contribution is 2.22. The number of sulfone groups is 1. The first-order valence-corrected chi connectivity index (χ1v) is 8.76. The molecule has 0 spiro atoms. The number of rotatable bonds is 4. The highest BCUT2D eigenvalue weighted by Gasteiger charge is 2.31. The molecule has 0 aliphatic carbocycles. The van der Waals surface area contributed by atoms with Gasteiger partial charge in [-0.1, -0.05) is 30.3 Å². The van der Waals surface area contributed by atoms with E-state index in [0.29, 0.717) is 18.9 Å². The molecule has 1 atom stereocenters. The molecule has 1 aliphatic heterocycles. The van der Waals surface area contributed by atoms with E-state index < -0.39 is 9.84 Å². The molecule has 1 saturated heterocycles. The van der Waals surface area contributed by atoms with Crippen molar-refractivity contribution in [1.29, 1.82) is 0 Å². The molecule has 1 aromatic carbocycles. The minimum absolute atomic E-state index is 0.0575.